The first-order valence-corrected chi connectivity index (χ1v) is 7.50. The zero-order valence-corrected chi connectivity index (χ0v) is 12.8. The van der Waals surface area contributed by atoms with Crippen LogP contribution >= 0.6 is 0 Å². The van der Waals surface area contributed by atoms with E-state index in [-0.39, 0.29) is 0 Å². The third kappa shape index (κ3) is 2.52. The molecule has 0 saturated carbocycles. The summed E-state index contributed by atoms with van der Waals surface area (Å²) in [5, 5.41) is 1.05. The van der Waals surface area contributed by atoms with Gasteiger partial charge in [-0.1, -0.05) is 0 Å². The Labute approximate surface area is 133 Å². The van der Waals surface area contributed by atoms with Crippen LogP contribution in [0.4, 0.5) is 11.8 Å². The van der Waals surface area contributed by atoms with Crippen LogP contribution in [0.1, 0.15) is 0 Å². The summed E-state index contributed by atoms with van der Waals surface area (Å²) < 4.78 is 5.17. The van der Waals surface area contributed by atoms with Crippen LogP contribution in [0.3, 0.4) is 0 Å². The van der Waals surface area contributed by atoms with E-state index < -0.39 is 0 Å². The van der Waals surface area contributed by atoms with Gasteiger partial charge >= 0.3 is 0 Å². The topological polar surface area (TPSA) is 83.1 Å². The van der Waals surface area contributed by atoms with Gasteiger partial charge in [0.2, 0.25) is 11.8 Å². The van der Waals surface area contributed by atoms with Crippen LogP contribution in [0.15, 0.2) is 30.9 Å². The molecule has 118 valence electrons. The van der Waals surface area contributed by atoms with E-state index in [4.69, 9.17) is 4.74 Å². The Morgan fingerprint density at radius 1 is 1.04 bits per heavy atom. The molecule has 0 aliphatic carbocycles. The molecule has 0 amide bonds. The predicted octanol–water partition coefficient (Wildman–Crippen LogP) is 1.08. The molecular weight excluding hydrogens is 294 g/mol. The number of anilines is 2. The Hall–Kier alpha value is -2.90. The average Bonchev–Trinajstić information content (AvgIpc) is 3.11. The van der Waals surface area contributed by atoms with Crippen LogP contribution < -0.4 is 14.5 Å². The molecule has 3 aromatic heterocycles. The van der Waals surface area contributed by atoms with E-state index in [0.717, 1.165) is 43.0 Å². The maximum atomic E-state index is 5.17. The van der Waals surface area contributed by atoms with Crippen LogP contribution in [0.25, 0.3) is 11.0 Å². The Bertz CT molecular complexity index is 810. The molecule has 0 radical (unpaired) electrons. The molecule has 4 rings (SSSR count). The second kappa shape index (κ2) is 5.71. The molecule has 1 aliphatic rings. The van der Waals surface area contributed by atoms with Gasteiger partial charge in [0, 0.05) is 44.6 Å². The minimum absolute atomic E-state index is 0.585. The van der Waals surface area contributed by atoms with Crippen LogP contribution in [0.2, 0.25) is 0 Å². The zero-order valence-electron chi connectivity index (χ0n) is 12.8. The highest BCUT2D eigenvalue weighted by Gasteiger charge is 2.22. The van der Waals surface area contributed by atoms with Crippen LogP contribution in [0, 0.1) is 0 Å². The van der Waals surface area contributed by atoms with E-state index in [1.54, 1.807) is 25.7 Å². The number of methoxy groups -OCH3 is 1. The van der Waals surface area contributed by atoms with Crippen molar-refractivity contribution in [1.29, 1.82) is 0 Å². The van der Waals surface area contributed by atoms with Gasteiger partial charge in [0.25, 0.3) is 0 Å². The smallest absolute Gasteiger partial charge is 0.228 e. The van der Waals surface area contributed by atoms with E-state index in [2.05, 4.69) is 34.7 Å². The number of rotatable bonds is 3. The second-order valence-corrected chi connectivity index (χ2v) is 5.31. The molecule has 0 unspecified atom stereocenters. The molecule has 3 aromatic rings. The molecule has 8 heteroatoms. The number of aromatic amines is 1. The van der Waals surface area contributed by atoms with Gasteiger partial charge in [-0.25, -0.2) is 15.0 Å². The Balaban J connectivity index is 1.51. The largest absolute Gasteiger partial charge is 0.481 e. The number of hydrogen-bond acceptors (Lipinski definition) is 7. The minimum atomic E-state index is 0.585. The highest BCUT2D eigenvalue weighted by Crippen LogP contribution is 2.24. The van der Waals surface area contributed by atoms with Crippen molar-refractivity contribution in [3.8, 4) is 5.88 Å². The fourth-order valence-electron chi connectivity index (χ4n) is 2.83. The van der Waals surface area contributed by atoms with Crippen molar-refractivity contribution < 1.29 is 4.74 Å². The molecule has 0 aromatic carbocycles. The highest BCUT2D eigenvalue weighted by atomic mass is 16.5. The van der Waals surface area contributed by atoms with Gasteiger partial charge in [0.05, 0.1) is 12.5 Å². The van der Waals surface area contributed by atoms with Crippen molar-refractivity contribution in [2.24, 2.45) is 0 Å². The molecule has 8 nitrogen and oxygen atoms in total. The quantitative estimate of drug-likeness (QED) is 0.775. The molecule has 0 atom stereocenters. The van der Waals surface area contributed by atoms with Crippen LogP contribution in [-0.4, -0.2) is 58.2 Å². The molecule has 1 saturated heterocycles. The molecule has 1 aliphatic heterocycles. The fraction of sp³-hybridized carbons (Fsp3) is 0.333. The first-order valence-electron chi connectivity index (χ1n) is 7.50. The van der Waals surface area contributed by atoms with Gasteiger partial charge in [-0.3, -0.25) is 0 Å². The average molecular weight is 311 g/mol. The number of ether oxygens (including phenoxy) is 1. The van der Waals surface area contributed by atoms with E-state index in [1.165, 1.54) is 0 Å². The van der Waals surface area contributed by atoms with Crippen molar-refractivity contribution in [2.75, 3.05) is 43.1 Å². The monoisotopic (exact) mass is 311 g/mol. The summed E-state index contributed by atoms with van der Waals surface area (Å²) in [4.78, 5) is 25.0. The lowest BCUT2D eigenvalue weighted by molar-refractivity contribution is 0.396. The Morgan fingerprint density at radius 2 is 1.87 bits per heavy atom. The van der Waals surface area contributed by atoms with Gasteiger partial charge in [-0.2, -0.15) is 4.98 Å². The molecule has 4 heterocycles. The normalized spacial score (nSPS) is 15.2. The zero-order chi connectivity index (χ0) is 15.6. The molecule has 1 N–H and O–H groups in total. The molecule has 0 spiro atoms. The van der Waals surface area contributed by atoms with Crippen LogP contribution in [-0.2, 0) is 0 Å². The summed E-state index contributed by atoms with van der Waals surface area (Å²) in [6.45, 7) is 3.39. The standard InChI is InChI=1S/C15H17N7O/c1-23-12-3-5-17-15(20-12)22-8-6-21(7-9-22)14-11-2-4-16-13(11)18-10-19-14/h2-5,10H,6-9H2,1H3,(H,16,18,19). The lowest BCUT2D eigenvalue weighted by Crippen LogP contribution is -2.47. The van der Waals surface area contributed by atoms with Crippen molar-refractivity contribution in [1.82, 2.24) is 24.9 Å². The van der Waals surface area contributed by atoms with E-state index in [1.807, 2.05) is 12.3 Å². The maximum absolute atomic E-state index is 5.17. The van der Waals surface area contributed by atoms with Crippen molar-refractivity contribution in [3.05, 3.63) is 30.9 Å². The fourth-order valence-corrected chi connectivity index (χ4v) is 2.83. The number of hydrogen-bond donors (Lipinski definition) is 1. The third-order valence-corrected chi connectivity index (χ3v) is 4.02. The predicted molar refractivity (Wildman–Crippen MR) is 86.9 cm³/mol. The Morgan fingerprint density at radius 3 is 2.70 bits per heavy atom. The molecule has 1 fully saturated rings. The lowest BCUT2D eigenvalue weighted by Gasteiger charge is -2.35. The van der Waals surface area contributed by atoms with Crippen LogP contribution in [0.5, 0.6) is 5.88 Å². The van der Waals surface area contributed by atoms with E-state index >= 15 is 0 Å². The lowest BCUT2D eigenvalue weighted by atomic mass is 10.3. The Kier molecular flexibility index (Phi) is 3.41. The maximum Gasteiger partial charge on any atom is 0.228 e. The van der Waals surface area contributed by atoms with E-state index in [0.29, 0.717) is 11.8 Å². The van der Waals surface area contributed by atoms with Gasteiger partial charge in [-0.15, -0.1) is 0 Å². The first kappa shape index (κ1) is 13.7. The van der Waals surface area contributed by atoms with Crippen molar-refractivity contribution in [3.63, 3.8) is 0 Å². The molecule has 0 bridgehead atoms. The van der Waals surface area contributed by atoms with Gasteiger partial charge in [0.15, 0.2) is 0 Å². The summed E-state index contributed by atoms with van der Waals surface area (Å²) in [6, 6.07) is 3.77. The van der Waals surface area contributed by atoms with Gasteiger partial charge in [0.1, 0.15) is 17.8 Å². The number of piperazine rings is 1. The number of nitrogens with zero attached hydrogens (tertiary/aromatic N) is 6. The number of aromatic nitrogens is 5. The summed E-state index contributed by atoms with van der Waals surface area (Å²) in [5.41, 5.74) is 0.869. The first-order chi connectivity index (χ1) is 11.3. The van der Waals surface area contributed by atoms with Crippen molar-refractivity contribution in [2.45, 2.75) is 0 Å². The van der Waals surface area contributed by atoms with Crippen molar-refractivity contribution >= 4 is 22.8 Å². The number of H-pyrrole nitrogens is 1. The summed E-state index contributed by atoms with van der Waals surface area (Å²) >= 11 is 0. The summed E-state index contributed by atoms with van der Waals surface area (Å²) in [7, 11) is 1.61. The molecular formula is C15H17N7O. The van der Waals surface area contributed by atoms with Gasteiger partial charge in [-0.05, 0) is 6.07 Å². The third-order valence-electron chi connectivity index (χ3n) is 4.02. The summed E-state index contributed by atoms with van der Waals surface area (Å²) in [5.74, 6) is 2.27. The second-order valence-electron chi connectivity index (χ2n) is 5.31. The SMILES string of the molecule is COc1ccnc(N2CCN(c3ncnc4[nH]ccc34)CC2)n1. The van der Waals surface area contributed by atoms with Gasteiger partial charge < -0.3 is 19.5 Å². The van der Waals surface area contributed by atoms with E-state index in [9.17, 15) is 0 Å². The number of nitrogens with one attached hydrogen (secondary N) is 1. The summed E-state index contributed by atoms with van der Waals surface area (Å²) in [6.07, 6.45) is 5.22. The molecule has 23 heavy (non-hydrogen) atoms. The minimum Gasteiger partial charge on any atom is -0.481 e. The highest BCUT2D eigenvalue weighted by molar-refractivity contribution is 5.87. The number of fused-ring (bicyclic) bond motifs is 1.